The Balaban J connectivity index is 4.60. The lowest BCUT2D eigenvalue weighted by atomic mass is 10.2. The van der Waals surface area contributed by atoms with Gasteiger partial charge in [-0.05, 0) is 12.5 Å². The quantitative estimate of drug-likeness (QED) is 0.615. The van der Waals surface area contributed by atoms with Crippen LogP contribution in [0.15, 0.2) is 0 Å². The predicted molar refractivity (Wildman–Crippen MR) is 68.4 cm³/mol. The van der Waals surface area contributed by atoms with E-state index in [2.05, 4.69) is 34.6 Å². The minimum Gasteiger partial charge on any atom is -0.397 e. The highest BCUT2D eigenvalue weighted by molar-refractivity contribution is 6.70. The van der Waals surface area contributed by atoms with E-state index >= 15 is 0 Å². The molecule has 1 atom stereocenters. The van der Waals surface area contributed by atoms with Crippen molar-refractivity contribution in [3.05, 3.63) is 0 Å². The maximum absolute atomic E-state index is 6.11. The van der Waals surface area contributed by atoms with Crippen LogP contribution in [-0.4, -0.2) is 22.3 Å². The summed E-state index contributed by atoms with van der Waals surface area (Å²) in [5, 5.41) is 0.159. The Morgan fingerprint density at radius 2 is 1.67 bits per heavy atom. The molecule has 0 bridgehead atoms. The molecule has 0 fully saturated rings. The van der Waals surface area contributed by atoms with Gasteiger partial charge in [-0.1, -0.05) is 47.5 Å². The van der Waals surface area contributed by atoms with Crippen LogP contribution >= 0.6 is 0 Å². The minimum absolute atomic E-state index is 0.159. The Hall–Kier alpha value is 0.137. The van der Waals surface area contributed by atoms with Gasteiger partial charge in [-0.3, -0.25) is 0 Å². The Morgan fingerprint density at radius 3 is 2.00 bits per heavy atom. The third-order valence-corrected chi connectivity index (χ3v) is 7.50. The first-order valence-electron chi connectivity index (χ1n) is 6.12. The molecule has 0 spiro atoms. The highest BCUT2D eigenvalue weighted by Gasteiger charge is 2.47. The van der Waals surface area contributed by atoms with Gasteiger partial charge in [0.1, 0.15) is 0 Å². The number of rotatable bonds is 7. The highest BCUT2D eigenvalue weighted by atomic mass is 28.4. The van der Waals surface area contributed by atoms with Crippen LogP contribution in [0.4, 0.5) is 0 Å². The fourth-order valence-corrected chi connectivity index (χ4v) is 5.42. The van der Waals surface area contributed by atoms with E-state index in [4.69, 9.17) is 8.85 Å². The molecule has 15 heavy (non-hydrogen) atoms. The zero-order valence-corrected chi connectivity index (χ0v) is 12.4. The molecule has 0 amide bonds. The zero-order valence-electron chi connectivity index (χ0n) is 11.4. The summed E-state index contributed by atoms with van der Waals surface area (Å²) in [5.74, 6) is 0. The Labute approximate surface area is 96.6 Å². The second kappa shape index (κ2) is 6.66. The summed E-state index contributed by atoms with van der Waals surface area (Å²) < 4.78 is 11.9. The van der Waals surface area contributed by atoms with E-state index in [1.54, 1.807) is 0 Å². The van der Waals surface area contributed by atoms with Crippen molar-refractivity contribution in [3.8, 4) is 0 Å². The lowest BCUT2D eigenvalue weighted by Gasteiger charge is -2.40. The first-order chi connectivity index (χ1) is 6.93. The van der Waals surface area contributed by atoms with Crippen LogP contribution in [0.1, 0.15) is 53.9 Å². The van der Waals surface area contributed by atoms with Crippen LogP contribution in [0, 0.1) is 0 Å². The normalized spacial score (nSPS) is 16.4. The molecular weight excluding hydrogens is 204 g/mol. The number of hydrogen-bond donors (Lipinski definition) is 0. The first-order valence-corrected chi connectivity index (χ1v) is 8.15. The molecule has 2 nitrogen and oxygen atoms in total. The molecule has 0 aromatic rings. The van der Waals surface area contributed by atoms with Gasteiger partial charge in [0.15, 0.2) is 0 Å². The maximum Gasteiger partial charge on any atom is 0.343 e. The second-order valence-corrected chi connectivity index (χ2v) is 9.36. The van der Waals surface area contributed by atoms with Gasteiger partial charge < -0.3 is 8.85 Å². The molecule has 0 aliphatic rings. The van der Waals surface area contributed by atoms with Gasteiger partial charge >= 0.3 is 8.56 Å². The number of hydrogen-bond acceptors (Lipinski definition) is 2. The molecule has 0 N–H and O–H groups in total. The maximum atomic E-state index is 6.11. The summed E-state index contributed by atoms with van der Waals surface area (Å²) in [4.78, 5) is 0. The Kier molecular flexibility index (Phi) is 6.72. The van der Waals surface area contributed by atoms with E-state index in [-0.39, 0.29) is 5.04 Å². The zero-order chi connectivity index (χ0) is 11.9. The van der Waals surface area contributed by atoms with E-state index in [1.807, 2.05) is 7.11 Å². The molecule has 0 saturated carbocycles. The van der Waals surface area contributed by atoms with Crippen LogP contribution in [-0.2, 0) is 8.85 Å². The van der Waals surface area contributed by atoms with Crippen molar-refractivity contribution in [1.82, 2.24) is 0 Å². The third kappa shape index (κ3) is 4.25. The van der Waals surface area contributed by atoms with Crippen LogP contribution < -0.4 is 0 Å². The van der Waals surface area contributed by atoms with Crippen LogP contribution in [0.2, 0.25) is 11.1 Å². The van der Waals surface area contributed by atoms with Gasteiger partial charge in [0.05, 0.1) is 0 Å². The molecule has 0 radical (unpaired) electrons. The monoisotopic (exact) mass is 232 g/mol. The average molecular weight is 232 g/mol. The molecule has 1 unspecified atom stereocenters. The summed E-state index contributed by atoms with van der Waals surface area (Å²) >= 11 is 0. The smallest absolute Gasteiger partial charge is 0.343 e. The van der Waals surface area contributed by atoms with Crippen molar-refractivity contribution in [3.63, 3.8) is 0 Å². The van der Waals surface area contributed by atoms with Gasteiger partial charge in [0.2, 0.25) is 0 Å². The summed E-state index contributed by atoms with van der Waals surface area (Å²) in [6, 6.07) is 1.11. The summed E-state index contributed by atoms with van der Waals surface area (Å²) in [7, 11) is -0.191. The topological polar surface area (TPSA) is 18.5 Å². The fourth-order valence-electron chi connectivity index (χ4n) is 1.81. The minimum atomic E-state index is -2.01. The van der Waals surface area contributed by atoms with Gasteiger partial charge in [-0.25, -0.2) is 0 Å². The van der Waals surface area contributed by atoms with Crippen LogP contribution in [0.3, 0.4) is 0 Å². The summed E-state index contributed by atoms with van der Waals surface area (Å²) in [6.07, 6.45) is 3.49. The Morgan fingerprint density at radius 1 is 1.07 bits per heavy atom. The molecule has 0 saturated heterocycles. The van der Waals surface area contributed by atoms with Crippen molar-refractivity contribution < 1.29 is 8.85 Å². The van der Waals surface area contributed by atoms with E-state index in [0.29, 0.717) is 0 Å². The van der Waals surface area contributed by atoms with Crippen molar-refractivity contribution in [2.75, 3.05) is 13.7 Å². The SMILES string of the molecule is CCCC[Si](OC)(OCCC)C(C)(C)C. The average Bonchev–Trinajstić information content (AvgIpc) is 2.17. The molecule has 0 aromatic carbocycles. The lowest BCUT2D eigenvalue weighted by Crippen LogP contribution is -2.49. The molecule has 0 aromatic heterocycles. The molecule has 0 aliphatic carbocycles. The van der Waals surface area contributed by atoms with Gasteiger partial charge in [-0.2, -0.15) is 0 Å². The van der Waals surface area contributed by atoms with E-state index in [0.717, 1.165) is 19.1 Å². The van der Waals surface area contributed by atoms with Gasteiger partial charge in [-0.15, -0.1) is 0 Å². The van der Waals surface area contributed by atoms with E-state index in [1.165, 1.54) is 12.8 Å². The van der Waals surface area contributed by atoms with Crippen molar-refractivity contribution in [1.29, 1.82) is 0 Å². The summed E-state index contributed by atoms with van der Waals surface area (Å²) in [5.41, 5.74) is 0. The molecule has 0 rings (SSSR count). The predicted octanol–water partition coefficient (Wildman–Crippen LogP) is 4.10. The Bertz CT molecular complexity index is 155. The van der Waals surface area contributed by atoms with Crippen molar-refractivity contribution >= 4 is 8.56 Å². The van der Waals surface area contributed by atoms with Crippen LogP contribution in [0.25, 0.3) is 0 Å². The summed E-state index contributed by atoms with van der Waals surface area (Å²) in [6.45, 7) is 11.9. The van der Waals surface area contributed by atoms with Gasteiger partial charge in [0.25, 0.3) is 0 Å². The molecule has 0 aliphatic heterocycles. The molecule has 92 valence electrons. The van der Waals surface area contributed by atoms with Crippen molar-refractivity contribution in [2.45, 2.75) is 65.0 Å². The number of unbranched alkanes of at least 4 members (excludes halogenated alkanes) is 1. The molecule has 3 heteroatoms. The van der Waals surface area contributed by atoms with E-state index < -0.39 is 8.56 Å². The third-order valence-electron chi connectivity index (χ3n) is 2.87. The highest BCUT2D eigenvalue weighted by Crippen LogP contribution is 2.41. The van der Waals surface area contributed by atoms with Gasteiger partial charge in [0, 0.05) is 18.8 Å². The standard InChI is InChI=1S/C12H28O2Si/c1-7-9-11-15(13-6,12(3,4)5)14-10-8-2/h7-11H2,1-6H3. The first kappa shape index (κ1) is 15.1. The fraction of sp³-hybridized carbons (Fsp3) is 1.00. The second-order valence-electron chi connectivity index (χ2n) is 5.16. The molecular formula is C12H28O2Si. The van der Waals surface area contributed by atoms with Crippen LogP contribution in [0.5, 0.6) is 0 Å². The van der Waals surface area contributed by atoms with E-state index in [9.17, 15) is 0 Å². The van der Waals surface area contributed by atoms with Crippen molar-refractivity contribution in [2.24, 2.45) is 0 Å². The largest absolute Gasteiger partial charge is 0.397 e. The molecule has 0 heterocycles. The lowest BCUT2D eigenvalue weighted by molar-refractivity contribution is 0.174.